The van der Waals surface area contributed by atoms with E-state index in [9.17, 15) is 9.59 Å². The zero-order valence-electron chi connectivity index (χ0n) is 25.1. The molecule has 1 atom stereocenters. The summed E-state index contributed by atoms with van der Waals surface area (Å²) in [5.41, 5.74) is 2.94. The van der Waals surface area contributed by atoms with Gasteiger partial charge in [0.1, 0.15) is 18.4 Å². The number of hydrogen-bond acceptors (Lipinski definition) is 8. The van der Waals surface area contributed by atoms with Gasteiger partial charge in [-0.3, -0.25) is 9.36 Å². The number of hydrogen-bond donors (Lipinski definition) is 0. The minimum absolute atomic E-state index is 0.115. The molecular weight excluding hydrogens is 644 g/mol. The summed E-state index contributed by atoms with van der Waals surface area (Å²) in [4.78, 5) is 32.6. The third-order valence-corrected chi connectivity index (χ3v) is 8.44. The SMILES string of the molecule is CCOC(=O)C1=C(C)N=c2s/c(=C/c3cc(Br)c(OCc4ccccc4)c(OC)c3)c(=O)n2[C@@H]1c1ccccc1OC(C)C. The first-order valence-electron chi connectivity index (χ1n) is 14.2. The van der Waals surface area contributed by atoms with Crippen molar-refractivity contribution in [3.8, 4) is 17.2 Å². The number of allylic oxidation sites excluding steroid dienone is 1. The van der Waals surface area contributed by atoms with Crippen LogP contribution in [0, 0.1) is 0 Å². The molecule has 0 aliphatic carbocycles. The molecule has 0 bridgehead atoms. The highest BCUT2D eigenvalue weighted by molar-refractivity contribution is 9.10. The number of esters is 1. The molecule has 0 amide bonds. The maximum absolute atomic E-state index is 14.1. The molecule has 1 aliphatic heterocycles. The first-order valence-corrected chi connectivity index (χ1v) is 15.8. The fourth-order valence-electron chi connectivity index (χ4n) is 5.00. The smallest absolute Gasteiger partial charge is 0.338 e. The normalized spacial score (nSPS) is 14.7. The average molecular weight is 678 g/mol. The molecule has 0 spiro atoms. The number of carbonyl (C=O) groups excluding carboxylic acids is 1. The van der Waals surface area contributed by atoms with E-state index in [-0.39, 0.29) is 18.3 Å². The summed E-state index contributed by atoms with van der Waals surface area (Å²) in [5.74, 6) is 1.14. The quantitative estimate of drug-likeness (QED) is 0.193. The Kier molecular flexibility index (Phi) is 9.71. The van der Waals surface area contributed by atoms with Crippen molar-refractivity contribution in [1.29, 1.82) is 0 Å². The van der Waals surface area contributed by atoms with Crippen molar-refractivity contribution >= 4 is 39.3 Å². The molecule has 4 aromatic rings. The molecule has 0 fully saturated rings. The van der Waals surface area contributed by atoms with Crippen molar-refractivity contribution in [1.82, 2.24) is 4.57 Å². The molecule has 228 valence electrons. The first kappa shape index (κ1) is 31.3. The molecule has 3 aromatic carbocycles. The van der Waals surface area contributed by atoms with Gasteiger partial charge in [-0.25, -0.2) is 9.79 Å². The topological polar surface area (TPSA) is 88.4 Å². The van der Waals surface area contributed by atoms with Crippen LogP contribution in [0.5, 0.6) is 17.2 Å². The number of aromatic nitrogens is 1. The molecular formula is C34H33BrN2O6S. The number of methoxy groups -OCH3 is 1. The van der Waals surface area contributed by atoms with Crippen LogP contribution in [0.3, 0.4) is 0 Å². The summed E-state index contributed by atoms with van der Waals surface area (Å²) in [7, 11) is 1.57. The highest BCUT2D eigenvalue weighted by Gasteiger charge is 2.35. The van der Waals surface area contributed by atoms with E-state index in [4.69, 9.17) is 18.9 Å². The summed E-state index contributed by atoms with van der Waals surface area (Å²) >= 11 is 4.87. The van der Waals surface area contributed by atoms with E-state index in [0.717, 1.165) is 11.1 Å². The van der Waals surface area contributed by atoms with Gasteiger partial charge in [0, 0.05) is 5.56 Å². The van der Waals surface area contributed by atoms with Crippen LogP contribution < -0.4 is 29.1 Å². The molecule has 2 heterocycles. The van der Waals surface area contributed by atoms with Crippen molar-refractivity contribution in [3.05, 3.63) is 119 Å². The number of nitrogens with zero attached hydrogens (tertiary/aromatic N) is 2. The van der Waals surface area contributed by atoms with Crippen molar-refractivity contribution in [2.45, 2.75) is 46.4 Å². The van der Waals surface area contributed by atoms with Gasteiger partial charge in [0.05, 0.1) is 40.1 Å². The molecule has 1 aromatic heterocycles. The van der Waals surface area contributed by atoms with E-state index in [0.29, 0.717) is 54.5 Å². The van der Waals surface area contributed by atoms with Crippen LogP contribution in [0.25, 0.3) is 6.08 Å². The second-order valence-electron chi connectivity index (χ2n) is 10.3. The Morgan fingerprint density at radius 2 is 1.82 bits per heavy atom. The van der Waals surface area contributed by atoms with Gasteiger partial charge in [-0.1, -0.05) is 59.9 Å². The Morgan fingerprint density at radius 3 is 2.52 bits per heavy atom. The molecule has 0 N–H and O–H groups in total. The van der Waals surface area contributed by atoms with Crippen LogP contribution in [0.2, 0.25) is 0 Å². The van der Waals surface area contributed by atoms with E-state index in [2.05, 4.69) is 20.9 Å². The molecule has 0 radical (unpaired) electrons. The van der Waals surface area contributed by atoms with Crippen LogP contribution in [0.4, 0.5) is 0 Å². The Morgan fingerprint density at radius 1 is 1.09 bits per heavy atom. The number of fused-ring (bicyclic) bond motifs is 1. The Labute approximate surface area is 268 Å². The van der Waals surface area contributed by atoms with Crippen LogP contribution in [0.1, 0.15) is 50.4 Å². The predicted octanol–water partition coefficient (Wildman–Crippen LogP) is 5.94. The van der Waals surface area contributed by atoms with Gasteiger partial charge in [0.15, 0.2) is 16.3 Å². The summed E-state index contributed by atoms with van der Waals surface area (Å²) in [6.45, 7) is 7.94. The zero-order chi connectivity index (χ0) is 31.4. The van der Waals surface area contributed by atoms with Gasteiger partial charge in [-0.15, -0.1) is 0 Å². The van der Waals surface area contributed by atoms with E-state index >= 15 is 0 Å². The monoisotopic (exact) mass is 676 g/mol. The fraction of sp³-hybridized carbons (Fsp3) is 0.265. The Bertz CT molecular complexity index is 1890. The highest BCUT2D eigenvalue weighted by Crippen LogP contribution is 2.38. The Balaban J connectivity index is 1.62. The van der Waals surface area contributed by atoms with E-state index < -0.39 is 12.0 Å². The number of benzene rings is 3. The predicted molar refractivity (Wildman–Crippen MR) is 174 cm³/mol. The number of thiazole rings is 1. The van der Waals surface area contributed by atoms with Crippen LogP contribution in [-0.4, -0.2) is 30.4 Å². The molecule has 1 aliphatic rings. The largest absolute Gasteiger partial charge is 0.493 e. The van der Waals surface area contributed by atoms with E-state index in [1.54, 1.807) is 31.6 Å². The summed E-state index contributed by atoms with van der Waals surface area (Å²) in [5, 5.41) is 0. The molecule has 44 heavy (non-hydrogen) atoms. The summed E-state index contributed by atoms with van der Waals surface area (Å²) in [6, 6.07) is 20.2. The second kappa shape index (κ2) is 13.7. The lowest BCUT2D eigenvalue weighted by Crippen LogP contribution is -2.40. The summed E-state index contributed by atoms with van der Waals surface area (Å²) in [6.07, 6.45) is 1.67. The molecule has 0 unspecified atom stereocenters. The number of halogens is 1. The first-order chi connectivity index (χ1) is 21.2. The third-order valence-electron chi connectivity index (χ3n) is 6.87. The molecule has 0 saturated heterocycles. The van der Waals surface area contributed by atoms with Crippen LogP contribution >= 0.6 is 27.3 Å². The third kappa shape index (κ3) is 6.51. The van der Waals surface area contributed by atoms with Crippen LogP contribution in [0.15, 0.2) is 92.3 Å². The number of rotatable bonds is 10. The van der Waals surface area contributed by atoms with Gasteiger partial charge in [0.2, 0.25) is 0 Å². The molecule has 0 saturated carbocycles. The highest BCUT2D eigenvalue weighted by atomic mass is 79.9. The number of carbonyl (C=O) groups is 1. The summed E-state index contributed by atoms with van der Waals surface area (Å²) < 4.78 is 26.0. The zero-order valence-corrected chi connectivity index (χ0v) is 27.5. The maximum atomic E-state index is 14.1. The van der Waals surface area contributed by atoms with Gasteiger partial charge in [-0.05, 0) is 79.0 Å². The van der Waals surface area contributed by atoms with Crippen molar-refractivity contribution in [3.63, 3.8) is 0 Å². The lowest BCUT2D eigenvalue weighted by atomic mass is 9.95. The fourth-order valence-corrected chi connectivity index (χ4v) is 6.62. The van der Waals surface area contributed by atoms with Gasteiger partial charge in [0.25, 0.3) is 5.56 Å². The second-order valence-corrected chi connectivity index (χ2v) is 12.2. The van der Waals surface area contributed by atoms with E-state index in [1.165, 1.54) is 11.3 Å². The maximum Gasteiger partial charge on any atom is 0.338 e. The lowest BCUT2D eigenvalue weighted by molar-refractivity contribution is -0.139. The molecule has 5 rings (SSSR count). The van der Waals surface area contributed by atoms with Gasteiger partial charge in [-0.2, -0.15) is 0 Å². The van der Waals surface area contributed by atoms with Crippen molar-refractivity contribution in [2.75, 3.05) is 13.7 Å². The number of para-hydroxylation sites is 1. The minimum atomic E-state index is -0.780. The van der Waals surface area contributed by atoms with Crippen molar-refractivity contribution < 1.29 is 23.7 Å². The minimum Gasteiger partial charge on any atom is -0.493 e. The average Bonchev–Trinajstić information content (AvgIpc) is 3.30. The lowest BCUT2D eigenvalue weighted by Gasteiger charge is -2.26. The Hall–Kier alpha value is -4.15. The van der Waals surface area contributed by atoms with Gasteiger partial charge >= 0.3 is 5.97 Å². The van der Waals surface area contributed by atoms with Crippen LogP contribution in [-0.2, 0) is 16.1 Å². The van der Waals surface area contributed by atoms with E-state index in [1.807, 2.05) is 80.6 Å². The number of ether oxygens (including phenoxy) is 4. The molecule has 8 nitrogen and oxygen atoms in total. The van der Waals surface area contributed by atoms with Crippen molar-refractivity contribution in [2.24, 2.45) is 4.99 Å². The standard InChI is InChI=1S/C34H33BrN2O6S/c1-6-41-33(39)29-21(4)36-34-37(30(29)24-14-10-11-15-26(24)43-20(2)3)32(38)28(44-34)18-23-16-25(35)31(27(17-23)40-5)42-19-22-12-8-7-9-13-22/h7-18,20,30H,6,19H2,1-5H3/b28-18+/t30-/m1/s1. The molecule has 10 heteroatoms. The van der Waals surface area contributed by atoms with Gasteiger partial charge < -0.3 is 18.9 Å².